The number of aromatic nitrogens is 1. The minimum atomic E-state index is -0.239. The van der Waals surface area contributed by atoms with Crippen molar-refractivity contribution in [3.63, 3.8) is 0 Å². The molecule has 0 aliphatic carbocycles. The van der Waals surface area contributed by atoms with Crippen LogP contribution < -0.4 is 16.4 Å². The Labute approximate surface area is 147 Å². The number of morpholine rings is 1. The SMILES string of the molecule is NC(=O)C1CCCN(c2ncccc2CN=C(N)N2CCOCC2)C1. The van der Waals surface area contributed by atoms with Gasteiger partial charge in [0.2, 0.25) is 5.91 Å². The second kappa shape index (κ2) is 8.15. The quantitative estimate of drug-likeness (QED) is 0.583. The first-order valence-corrected chi connectivity index (χ1v) is 8.76. The molecule has 0 spiro atoms. The number of hydrogen-bond acceptors (Lipinski definition) is 5. The van der Waals surface area contributed by atoms with Crippen LogP contribution in [0, 0.1) is 5.92 Å². The Bertz CT molecular complexity index is 629. The summed E-state index contributed by atoms with van der Waals surface area (Å²) in [6.45, 7) is 4.83. The Morgan fingerprint density at radius 1 is 1.32 bits per heavy atom. The van der Waals surface area contributed by atoms with Crippen molar-refractivity contribution >= 4 is 17.7 Å². The summed E-state index contributed by atoms with van der Waals surface area (Å²) in [6.07, 6.45) is 3.54. The molecule has 1 aromatic rings. The largest absolute Gasteiger partial charge is 0.378 e. The van der Waals surface area contributed by atoms with Gasteiger partial charge in [0, 0.05) is 37.9 Å². The fourth-order valence-corrected chi connectivity index (χ4v) is 3.30. The lowest BCUT2D eigenvalue weighted by molar-refractivity contribution is -0.122. The highest BCUT2D eigenvalue weighted by atomic mass is 16.5. The Balaban J connectivity index is 1.71. The lowest BCUT2D eigenvalue weighted by Crippen LogP contribution is -2.44. The van der Waals surface area contributed by atoms with E-state index >= 15 is 0 Å². The number of amides is 1. The molecule has 136 valence electrons. The van der Waals surface area contributed by atoms with Crippen LogP contribution in [0.4, 0.5) is 5.82 Å². The summed E-state index contributed by atoms with van der Waals surface area (Å²) in [7, 11) is 0. The van der Waals surface area contributed by atoms with Crippen molar-refractivity contribution in [1.82, 2.24) is 9.88 Å². The summed E-state index contributed by atoms with van der Waals surface area (Å²) >= 11 is 0. The molecule has 25 heavy (non-hydrogen) atoms. The van der Waals surface area contributed by atoms with Crippen molar-refractivity contribution < 1.29 is 9.53 Å². The van der Waals surface area contributed by atoms with E-state index in [9.17, 15) is 4.79 Å². The number of anilines is 1. The van der Waals surface area contributed by atoms with Crippen LogP contribution in [0.3, 0.4) is 0 Å². The molecular formula is C17H26N6O2. The standard InChI is InChI=1S/C17H26N6O2/c18-15(24)14-4-2-6-23(12-14)16-13(3-1-5-20-16)11-21-17(19)22-7-9-25-10-8-22/h1,3,5,14H,2,4,6-12H2,(H2,18,24)(H2,19,21). The number of hydrogen-bond donors (Lipinski definition) is 2. The second-order valence-corrected chi connectivity index (χ2v) is 6.45. The third-order valence-corrected chi connectivity index (χ3v) is 4.74. The van der Waals surface area contributed by atoms with Gasteiger partial charge in [-0.05, 0) is 18.9 Å². The van der Waals surface area contributed by atoms with Crippen molar-refractivity contribution in [1.29, 1.82) is 0 Å². The molecule has 1 aromatic heterocycles. The molecule has 8 heteroatoms. The summed E-state index contributed by atoms with van der Waals surface area (Å²) in [5.41, 5.74) is 12.6. The summed E-state index contributed by atoms with van der Waals surface area (Å²) in [5, 5.41) is 0. The topological polar surface area (TPSA) is 110 Å². The number of carbonyl (C=O) groups is 1. The van der Waals surface area contributed by atoms with Crippen LogP contribution in [0.5, 0.6) is 0 Å². The average molecular weight is 346 g/mol. The monoisotopic (exact) mass is 346 g/mol. The fourth-order valence-electron chi connectivity index (χ4n) is 3.30. The van der Waals surface area contributed by atoms with Crippen LogP contribution in [0.1, 0.15) is 18.4 Å². The van der Waals surface area contributed by atoms with Gasteiger partial charge in [-0.25, -0.2) is 9.98 Å². The first-order chi connectivity index (χ1) is 12.1. The van der Waals surface area contributed by atoms with Crippen molar-refractivity contribution in [2.75, 3.05) is 44.3 Å². The van der Waals surface area contributed by atoms with Crippen molar-refractivity contribution in [3.8, 4) is 0 Å². The molecule has 1 unspecified atom stereocenters. The maximum atomic E-state index is 11.5. The zero-order chi connectivity index (χ0) is 17.6. The molecule has 2 saturated heterocycles. The first-order valence-electron chi connectivity index (χ1n) is 8.76. The fraction of sp³-hybridized carbons (Fsp3) is 0.588. The van der Waals surface area contributed by atoms with Gasteiger partial charge in [0.05, 0.1) is 25.7 Å². The van der Waals surface area contributed by atoms with E-state index in [4.69, 9.17) is 16.2 Å². The zero-order valence-electron chi connectivity index (χ0n) is 14.4. The van der Waals surface area contributed by atoms with Crippen LogP contribution in [-0.4, -0.2) is 61.1 Å². The van der Waals surface area contributed by atoms with Crippen molar-refractivity contribution in [2.45, 2.75) is 19.4 Å². The number of guanidine groups is 1. The summed E-state index contributed by atoms with van der Waals surface area (Å²) in [4.78, 5) is 24.7. The third-order valence-electron chi connectivity index (χ3n) is 4.74. The van der Waals surface area contributed by atoms with Crippen LogP contribution in [-0.2, 0) is 16.1 Å². The molecule has 3 rings (SSSR count). The molecule has 1 amide bonds. The van der Waals surface area contributed by atoms with E-state index in [2.05, 4.69) is 14.9 Å². The molecule has 2 fully saturated rings. The number of ether oxygens (including phenoxy) is 1. The molecule has 0 bridgehead atoms. The summed E-state index contributed by atoms with van der Waals surface area (Å²) < 4.78 is 5.33. The van der Waals surface area contributed by atoms with E-state index in [1.165, 1.54) is 0 Å². The number of piperidine rings is 1. The summed E-state index contributed by atoms with van der Waals surface area (Å²) in [5.74, 6) is 1.04. The predicted octanol–water partition coefficient (Wildman–Crippen LogP) is -0.0698. The van der Waals surface area contributed by atoms with Gasteiger partial charge in [0.1, 0.15) is 5.82 Å². The van der Waals surface area contributed by atoms with Crippen molar-refractivity contribution in [3.05, 3.63) is 23.9 Å². The number of pyridine rings is 1. The Kier molecular flexibility index (Phi) is 5.70. The molecule has 0 aromatic carbocycles. The Morgan fingerprint density at radius 3 is 2.88 bits per heavy atom. The van der Waals surface area contributed by atoms with Crippen molar-refractivity contribution in [2.24, 2.45) is 22.4 Å². The molecule has 0 radical (unpaired) electrons. The zero-order valence-corrected chi connectivity index (χ0v) is 14.4. The second-order valence-electron chi connectivity index (χ2n) is 6.45. The molecule has 2 aliphatic heterocycles. The van der Waals surface area contributed by atoms with E-state index in [1.807, 2.05) is 17.0 Å². The number of primary amides is 1. The van der Waals surface area contributed by atoms with E-state index in [1.54, 1.807) is 6.20 Å². The van der Waals surface area contributed by atoms with Gasteiger partial charge in [0.15, 0.2) is 5.96 Å². The normalized spacial score (nSPS) is 22.1. The van der Waals surface area contributed by atoms with Gasteiger partial charge in [-0.15, -0.1) is 0 Å². The Hall–Kier alpha value is -2.35. The highest BCUT2D eigenvalue weighted by Crippen LogP contribution is 2.25. The maximum absolute atomic E-state index is 11.5. The van der Waals surface area contributed by atoms with E-state index < -0.39 is 0 Å². The number of carbonyl (C=O) groups excluding carboxylic acids is 1. The Morgan fingerprint density at radius 2 is 2.12 bits per heavy atom. The molecule has 4 N–H and O–H groups in total. The minimum Gasteiger partial charge on any atom is -0.378 e. The molecule has 3 heterocycles. The molecular weight excluding hydrogens is 320 g/mol. The van der Waals surface area contributed by atoms with Gasteiger partial charge in [-0.3, -0.25) is 4.79 Å². The average Bonchev–Trinajstić information content (AvgIpc) is 2.67. The van der Waals surface area contributed by atoms with E-state index in [0.717, 1.165) is 43.9 Å². The van der Waals surface area contributed by atoms with Crippen LogP contribution in [0.2, 0.25) is 0 Å². The maximum Gasteiger partial charge on any atom is 0.222 e. The number of nitrogens with zero attached hydrogens (tertiary/aromatic N) is 4. The molecule has 2 aliphatic rings. The van der Waals surface area contributed by atoms with Crippen LogP contribution in [0.25, 0.3) is 0 Å². The van der Waals surface area contributed by atoms with Gasteiger partial charge in [0.25, 0.3) is 0 Å². The number of aliphatic imine (C=N–C) groups is 1. The number of nitrogens with two attached hydrogens (primary N) is 2. The van der Waals surface area contributed by atoms with Gasteiger partial charge in [-0.1, -0.05) is 6.07 Å². The van der Waals surface area contributed by atoms with Gasteiger partial charge < -0.3 is 26.0 Å². The molecule has 8 nitrogen and oxygen atoms in total. The van der Waals surface area contributed by atoms with Crippen LogP contribution >= 0.6 is 0 Å². The molecule has 1 atom stereocenters. The van der Waals surface area contributed by atoms with Gasteiger partial charge >= 0.3 is 0 Å². The van der Waals surface area contributed by atoms with Gasteiger partial charge in [-0.2, -0.15) is 0 Å². The third kappa shape index (κ3) is 4.39. The lowest BCUT2D eigenvalue weighted by atomic mass is 9.97. The highest BCUT2D eigenvalue weighted by molar-refractivity contribution is 5.78. The predicted molar refractivity (Wildman–Crippen MR) is 96.1 cm³/mol. The van der Waals surface area contributed by atoms with Crippen LogP contribution in [0.15, 0.2) is 23.3 Å². The lowest BCUT2D eigenvalue weighted by Gasteiger charge is -2.33. The first kappa shape index (κ1) is 17.5. The van der Waals surface area contributed by atoms with E-state index in [0.29, 0.717) is 32.3 Å². The smallest absolute Gasteiger partial charge is 0.222 e. The van der Waals surface area contributed by atoms with E-state index in [-0.39, 0.29) is 11.8 Å². The highest BCUT2D eigenvalue weighted by Gasteiger charge is 2.26. The number of rotatable bonds is 4. The minimum absolute atomic E-state index is 0.120. The summed E-state index contributed by atoms with van der Waals surface area (Å²) in [6, 6.07) is 3.90. The molecule has 0 saturated carbocycles.